The first-order chi connectivity index (χ1) is 11.9. The van der Waals surface area contributed by atoms with Gasteiger partial charge in [0.05, 0.1) is 16.7 Å². The van der Waals surface area contributed by atoms with Gasteiger partial charge in [-0.05, 0) is 18.2 Å². The normalized spacial score (nSPS) is 15.0. The van der Waals surface area contributed by atoms with Crippen molar-refractivity contribution in [2.45, 2.75) is 12.4 Å². The predicted octanol–water partition coefficient (Wildman–Crippen LogP) is 2.43. The summed E-state index contributed by atoms with van der Waals surface area (Å²) in [5.74, 6) is -2.52. The molecule has 0 spiro atoms. The third-order valence-electron chi connectivity index (χ3n) is 3.31. The number of rotatable bonds is 3. The van der Waals surface area contributed by atoms with Gasteiger partial charge in [0.15, 0.2) is 6.61 Å². The van der Waals surface area contributed by atoms with Crippen LogP contribution in [0.2, 0.25) is 0 Å². The fourth-order valence-electron chi connectivity index (χ4n) is 2.07. The van der Waals surface area contributed by atoms with Gasteiger partial charge in [-0.15, -0.1) is 0 Å². The molecule has 1 aliphatic heterocycles. The summed E-state index contributed by atoms with van der Waals surface area (Å²) in [5, 5.41) is 2.29. The topological polar surface area (TPSA) is 75.7 Å². The van der Waals surface area contributed by atoms with E-state index in [9.17, 15) is 40.7 Å². The van der Waals surface area contributed by atoms with E-state index in [4.69, 9.17) is 0 Å². The molecule has 0 aliphatic carbocycles. The summed E-state index contributed by atoms with van der Waals surface area (Å²) in [6.45, 7) is -0.845. The van der Waals surface area contributed by atoms with Gasteiger partial charge in [-0.3, -0.25) is 9.69 Å². The summed E-state index contributed by atoms with van der Waals surface area (Å²) in [4.78, 5) is 35.4. The summed E-state index contributed by atoms with van der Waals surface area (Å²) in [6.07, 6.45) is -10.3. The fraction of sp³-hybridized carbons (Fsp3) is 0.357. The van der Waals surface area contributed by atoms with Crippen LogP contribution in [-0.4, -0.2) is 42.5 Å². The molecule has 0 aromatic heterocycles. The van der Waals surface area contributed by atoms with Crippen LogP contribution in [0.5, 0.6) is 0 Å². The summed E-state index contributed by atoms with van der Waals surface area (Å²) in [7, 11) is 0. The Hall–Kier alpha value is -2.79. The molecule has 1 aliphatic rings. The standard InChI is InChI=1S/C14H10F6N2O4/c15-13(16,17)8-3-7(4-9(5-8)14(18,19)20)11(24)26-6-10(23)22-2-1-21-12(22)25/h3-5H,1-2,6H2,(H,21,25). The third-order valence-corrected chi connectivity index (χ3v) is 3.31. The van der Waals surface area contributed by atoms with Crippen molar-refractivity contribution >= 4 is 17.9 Å². The van der Waals surface area contributed by atoms with E-state index >= 15 is 0 Å². The van der Waals surface area contributed by atoms with E-state index in [-0.39, 0.29) is 31.3 Å². The largest absolute Gasteiger partial charge is 0.452 e. The van der Waals surface area contributed by atoms with Crippen LogP contribution in [0, 0.1) is 0 Å². The van der Waals surface area contributed by atoms with Gasteiger partial charge in [-0.1, -0.05) is 0 Å². The lowest BCUT2D eigenvalue weighted by atomic mass is 10.0. The van der Waals surface area contributed by atoms with Crippen LogP contribution in [0.1, 0.15) is 21.5 Å². The Balaban J connectivity index is 2.19. The lowest BCUT2D eigenvalue weighted by Crippen LogP contribution is -2.37. The summed E-state index contributed by atoms with van der Waals surface area (Å²) in [6, 6.07) is -0.518. The number of esters is 1. The van der Waals surface area contributed by atoms with Gasteiger partial charge in [0.1, 0.15) is 0 Å². The van der Waals surface area contributed by atoms with Gasteiger partial charge in [0.25, 0.3) is 5.91 Å². The van der Waals surface area contributed by atoms with Crippen LogP contribution in [0.4, 0.5) is 31.1 Å². The molecule has 1 fully saturated rings. The van der Waals surface area contributed by atoms with Gasteiger partial charge >= 0.3 is 24.4 Å². The van der Waals surface area contributed by atoms with E-state index in [0.29, 0.717) is 4.90 Å². The molecular formula is C14H10F6N2O4. The molecule has 0 bridgehead atoms. The molecule has 0 unspecified atom stereocenters. The Morgan fingerprint density at radius 3 is 2.00 bits per heavy atom. The lowest BCUT2D eigenvalue weighted by Gasteiger charge is -2.15. The van der Waals surface area contributed by atoms with Crippen molar-refractivity contribution in [3.8, 4) is 0 Å². The number of nitrogens with zero attached hydrogens (tertiary/aromatic N) is 1. The number of nitrogens with one attached hydrogen (secondary N) is 1. The Labute approximate surface area is 141 Å². The average molecular weight is 384 g/mol. The van der Waals surface area contributed by atoms with E-state index in [1.54, 1.807) is 0 Å². The van der Waals surface area contributed by atoms with Gasteiger partial charge in [0.2, 0.25) is 0 Å². The minimum absolute atomic E-state index is 0.00298. The minimum atomic E-state index is -5.13. The Bertz CT molecular complexity index is 712. The molecular weight excluding hydrogens is 374 g/mol. The number of halogens is 6. The number of carbonyl (C=O) groups is 3. The second-order valence-electron chi connectivity index (χ2n) is 5.15. The van der Waals surface area contributed by atoms with Gasteiger partial charge in [-0.25, -0.2) is 9.59 Å². The smallest absolute Gasteiger partial charge is 0.416 e. The molecule has 1 aromatic carbocycles. The number of hydrogen-bond donors (Lipinski definition) is 1. The van der Waals surface area contributed by atoms with E-state index in [1.807, 2.05) is 0 Å². The zero-order valence-electron chi connectivity index (χ0n) is 12.7. The highest BCUT2D eigenvalue weighted by Crippen LogP contribution is 2.36. The van der Waals surface area contributed by atoms with Crippen LogP contribution in [-0.2, 0) is 21.9 Å². The maximum absolute atomic E-state index is 12.7. The Morgan fingerprint density at radius 2 is 1.58 bits per heavy atom. The van der Waals surface area contributed by atoms with E-state index < -0.39 is 53.6 Å². The minimum Gasteiger partial charge on any atom is -0.452 e. The van der Waals surface area contributed by atoms with Crippen molar-refractivity contribution in [1.82, 2.24) is 10.2 Å². The molecule has 0 atom stereocenters. The second-order valence-corrected chi connectivity index (χ2v) is 5.15. The molecule has 1 heterocycles. The van der Waals surface area contributed by atoms with Crippen LogP contribution in [0.3, 0.4) is 0 Å². The third kappa shape index (κ3) is 4.43. The maximum atomic E-state index is 12.7. The first kappa shape index (κ1) is 19.5. The molecule has 6 nitrogen and oxygen atoms in total. The quantitative estimate of drug-likeness (QED) is 0.642. The van der Waals surface area contributed by atoms with Crippen LogP contribution < -0.4 is 5.32 Å². The zero-order valence-corrected chi connectivity index (χ0v) is 12.7. The van der Waals surface area contributed by atoms with Crippen molar-refractivity contribution in [3.63, 3.8) is 0 Å². The molecule has 1 N–H and O–H groups in total. The Morgan fingerprint density at radius 1 is 1.04 bits per heavy atom. The molecule has 3 amide bonds. The van der Waals surface area contributed by atoms with E-state index in [2.05, 4.69) is 10.1 Å². The summed E-state index contributed by atoms with van der Waals surface area (Å²) < 4.78 is 80.9. The Kier molecular flexibility index (Phi) is 5.14. The van der Waals surface area contributed by atoms with E-state index in [0.717, 1.165) is 0 Å². The maximum Gasteiger partial charge on any atom is 0.416 e. The molecule has 26 heavy (non-hydrogen) atoms. The predicted molar refractivity (Wildman–Crippen MR) is 71.8 cm³/mol. The van der Waals surface area contributed by atoms with Crippen LogP contribution >= 0.6 is 0 Å². The highest BCUT2D eigenvalue weighted by atomic mass is 19.4. The monoisotopic (exact) mass is 384 g/mol. The summed E-state index contributed by atoms with van der Waals surface area (Å²) in [5.41, 5.74) is -4.40. The number of imide groups is 1. The van der Waals surface area contributed by atoms with Gasteiger partial charge < -0.3 is 10.1 Å². The molecule has 2 rings (SSSR count). The van der Waals surface area contributed by atoms with Crippen molar-refractivity contribution in [1.29, 1.82) is 0 Å². The number of alkyl halides is 6. The molecule has 1 saturated heterocycles. The average Bonchev–Trinajstić information content (AvgIpc) is 2.96. The molecule has 142 valence electrons. The number of urea groups is 1. The number of benzene rings is 1. The molecule has 0 saturated carbocycles. The fourth-order valence-corrected chi connectivity index (χ4v) is 2.07. The molecule has 12 heteroatoms. The van der Waals surface area contributed by atoms with E-state index in [1.165, 1.54) is 0 Å². The van der Waals surface area contributed by atoms with Crippen LogP contribution in [0.25, 0.3) is 0 Å². The highest BCUT2D eigenvalue weighted by molar-refractivity contribution is 5.98. The van der Waals surface area contributed by atoms with Gasteiger partial charge in [-0.2, -0.15) is 26.3 Å². The first-order valence-corrected chi connectivity index (χ1v) is 6.94. The first-order valence-electron chi connectivity index (χ1n) is 6.94. The highest BCUT2D eigenvalue weighted by Gasteiger charge is 2.38. The second kappa shape index (κ2) is 6.84. The zero-order chi connectivity index (χ0) is 19.7. The number of hydrogen-bond acceptors (Lipinski definition) is 4. The summed E-state index contributed by atoms with van der Waals surface area (Å²) >= 11 is 0. The van der Waals surface area contributed by atoms with Crippen molar-refractivity contribution in [2.24, 2.45) is 0 Å². The lowest BCUT2D eigenvalue weighted by molar-refractivity contribution is -0.143. The number of amides is 3. The molecule has 1 aromatic rings. The van der Waals surface area contributed by atoms with Crippen molar-refractivity contribution in [3.05, 3.63) is 34.9 Å². The number of carbonyl (C=O) groups excluding carboxylic acids is 3. The van der Waals surface area contributed by atoms with Crippen molar-refractivity contribution in [2.75, 3.05) is 19.7 Å². The van der Waals surface area contributed by atoms with Crippen molar-refractivity contribution < 1.29 is 45.5 Å². The van der Waals surface area contributed by atoms with Gasteiger partial charge in [0, 0.05) is 13.1 Å². The SMILES string of the molecule is O=C(OCC(=O)N1CCNC1=O)c1cc(C(F)(F)F)cc(C(F)(F)F)c1. The molecule has 0 radical (unpaired) electrons. The number of ether oxygens (including phenoxy) is 1. The van der Waals surface area contributed by atoms with Crippen LogP contribution in [0.15, 0.2) is 18.2 Å².